The summed E-state index contributed by atoms with van der Waals surface area (Å²) in [7, 11) is 1.50. The zero-order valence-corrected chi connectivity index (χ0v) is 13.3. The highest BCUT2D eigenvalue weighted by molar-refractivity contribution is 6.02. The van der Waals surface area contributed by atoms with Crippen LogP contribution in [0.2, 0.25) is 0 Å². The molecular weight excluding hydrogens is 312 g/mol. The fraction of sp³-hybridized carbons (Fsp3) is 0.222. The first kappa shape index (κ1) is 17.7. The molecule has 0 aromatic heterocycles. The molecule has 6 heteroatoms. The summed E-state index contributed by atoms with van der Waals surface area (Å²) in [6.07, 6.45) is 0. The van der Waals surface area contributed by atoms with Gasteiger partial charge in [-0.1, -0.05) is 42.5 Å². The Kier molecular flexibility index (Phi) is 6.94. The molecule has 0 aliphatic rings. The van der Waals surface area contributed by atoms with Gasteiger partial charge in [0.15, 0.2) is 0 Å². The van der Waals surface area contributed by atoms with E-state index >= 15 is 0 Å². The van der Waals surface area contributed by atoms with Crippen molar-refractivity contribution in [3.05, 3.63) is 71.3 Å². The Morgan fingerprint density at radius 1 is 0.833 bits per heavy atom. The summed E-state index contributed by atoms with van der Waals surface area (Å²) < 4.78 is 10.0. The van der Waals surface area contributed by atoms with Gasteiger partial charge in [0.25, 0.3) is 0 Å². The summed E-state index contributed by atoms with van der Waals surface area (Å²) in [5.41, 5.74) is 1.05. The van der Waals surface area contributed by atoms with E-state index in [1.54, 1.807) is 12.1 Å². The number of hydrogen-bond donors (Lipinski definition) is 0. The number of rotatable bonds is 8. The molecule has 0 N–H and O–H groups in total. The summed E-state index contributed by atoms with van der Waals surface area (Å²) in [6, 6.07) is 15.5. The molecule has 0 atom stereocenters. The maximum absolute atomic E-state index is 12.2. The molecule has 2 rings (SSSR count). The Balaban J connectivity index is 1.99. The van der Waals surface area contributed by atoms with E-state index in [-0.39, 0.29) is 30.9 Å². The molecule has 126 valence electrons. The fourth-order valence-electron chi connectivity index (χ4n) is 1.90. The highest BCUT2D eigenvalue weighted by Crippen LogP contribution is 2.13. The Labute approximate surface area is 139 Å². The van der Waals surface area contributed by atoms with Crippen LogP contribution in [0, 0.1) is 0 Å². The number of carbonyl (C=O) groups excluding carboxylic acids is 2. The molecule has 24 heavy (non-hydrogen) atoms. The molecule has 0 radical (unpaired) electrons. The second kappa shape index (κ2) is 9.44. The molecule has 0 aliphatic heterocycles. The van der Waals surface area contributed by atoms with Crippen molar-refractivity contribution in [2.24, 2.45) is 0 Å². The molecule has 0 unspecified atom stereocenters. The van der Waals surface area contributed by atoms with Crippen LogP contribution < -0.4 is 0 Å². The van der Waals surface area contributed by atoms with Crippen molar-refractivity contribution < 1.29 is 28.8 Å². The van der Waals surface area contributed by atoms with Gasteiger partial charge in [-0.2, -0.15) is 4.89 Å². The van der Waals surface area contributed by atoms with Crippen LogP contribution in [0.3, 0.4) is 0 Å². The van der Waals surface area contributed by atoms with Crippen molar-refractivity contribution in [1.82, 2.24) is 0 Å². The van der Waals surface area contributed by atoms with Gasteiger partial charge in [0.2, 0.25) is 0 Å². The minimum Gasteiger partial charge on any atom is -0.457 e. The zero-order valence-electron chi connectivity index (χ0n) is 13.3. The van der Waals surface area contributed by atoms with Crippen molar-refractivity contribution in [1.29, 1.82) is 0 Å². The van der Waals surface area contributed by atoms with Gasteiger partial charge in [-0.25, -0.2) is 9.59 Å². The summed E-state index contributed by atoms with van der Waals surface area (Å²) in [5.74, 6) is -1.37. The normalized spacial score (nSPS) is 10.2. The van der Waals surface area contributed by atoms with E-state index in [4.69, 9.17) is 14.4 Å². The molecule has 0 saturated heterocycles. The molecule has 0 amide bonds. The quantitative estimate of drug-likeness (QED) is 0.321. The second-order valence-corrected chi connectivity index (χ2v) is 4.79. The van der Waals surface area contributed by atoms with Crippen molar-refractivity contribution in [3.8, 4) is 0 Å². The van der Waals surface area contributed by atoms with E-state index < -0.39 is 11.9 Å². The molecule has 0 fully saturated rings. The molecule has 0 saturated carbocycles. The van der Waals surface area contributed by atoms with Crippen LogP contribution in [0.25, 0.3) is 0 Å². The van der Waals surface area contributed by atoms with E-state index in [1.165, 1.54) is 19.2 Å². The molecule has 0 spiro atoms. The summed E-state index contributed by atoms with van der Waals surface area (Å²) in [5, 5.41) is 0. The largest absolute Gasteiger partial charge is 0.457 e. The van der Waals surface area contributed by atoms with Crippen LogP contribution in [-0.2, 0) is 25.9 Å². The SMILES string of the molecule is COCCOOC(=O)c1ccccc1C(=O)OCc1ccccc1. The second-order valence-electron chi connectivity index (χ2n) is 4.79. The van der Waals surface area contributed by atoms with E-state index in [9.17, 15) is 9.59 Å². The van der Waals surface area contributed by atoms with Crippen LogP contribution in [-0.4, -0.2) is 32.3 Å². The number of methoxy groups -OCH3 is 1. The van der Waals surface area contributed by atoms with Gasteiger partial charge in [0.1, 0.15) is 13.2 Å². The lowest BCUT2D eigenvalue weighted by atomic mass is 10.1. The number of hydrogen-bond acceptors (Lipinski definition) is 6. The Morgan fingerprint density at radius 3 is 2.12 bits per heavy atom. The van der Waals surface area contributed by atoms with Gasteiger partial charge in [0, 0.05) is 7.11 Å². The third-order valence-electron chi connectivity index (χ3n) is 3.09. The number of ether oxygens (including phenoxy) is 2. The molecule has 0 heterocycles. The van der Waals surface area contributed by atoms with E-state index in [2.05, 4.69) is 4.89 Å². The van der Waals surface area contributed by atoms with Crippen molar-refractivity contribution >= 4 is 11.9 Å². The molecular formula is C18H18O6. The van der Waals surface area contributed by atoms with Gasteiger partial charge in [-0.05, 0) is 17.7 Å². The standard InChI is InChI=1S/C18H18O6/c1-21-11-12-23-24-18(20)16-10-6-5-9-15(16)17(19)22-13-14-7-3-2-4-8-14/h2-10H,11-13H2,1H3. The van der Waals surface area contributed by atoms with Crippen molar-refractivity contribution in [2.45, 2.75) is 6.61 Å². The average Bonchev–Trinajstić information content (AvgIpc) is 2.64. The van der Waals surface area contributed by atoms with Crippen LogP contribution in [0.15, 0.2) is 54.6 Å². The molecule has 0 bridgehead atoms. The first-order valence-corrected chi connectivity index (χ1v) is 7.35. The lowest BCUT2D eigenvalue weighted by molar-refractivity contribution is -0.246. The Hall–Kier alpha value is -2.70. The third kappa shape index (κ3) is 5.19. The maximum atomic E-state index is 12.2. The fourth-order valence-corrected chi connectivity index (χ4v) is 1.90. The smallest absolute Gasteiger partial charge is 0.373 e. The minimum atomic E-state index is -0.765. The summed E-state index contributed by atoms with van der Waals surface area (Å²) >= 11 is 0. The topological polar surface area (TPSA) is 71.1 Å². The van der Waals surface area contributed by atoms with Gasteiger partial charge in [-0.3, -0.25) is 4.89 Å². The lowest BCUT2D eigenvalue weighted by Crippen LogP contribution is -2.15. The number of esters is 1. The van der Waals surface area contributed by atoms with Crippen LogP contribution in [0.4, 0.5) is 0 Å². The van der Waals surface area contributed by atoms with Crippen molar-refractivity contribution in [2.75, 3.05) is 20.3 Å². The van der Waals surface area contributed by atoms with Crippen molar-refractivity contribution in [3.63, 3.8) is 0 Å². The highest BCUT2D eigenvalue weighted by Gasteiger charge is 2.19. The Bertz CT molecular complexity index is 668. The van der Waals surface area contributed by atoms with Gasteiger partial charge < -0.3 is 9.47 Å². The number of benzene rings is 2. The van der Waals surface area contributed by atoms with E-state index in [0.717, 1.165) is 5.56 Å². The monoisotopic (exact) mass is 330 g/mol. The molecule has 6 nitrogen and oxygen atoms in total. The van der Waals surface area contributed by atoms with Crippen LogP contribution in [0.1, 0.15) is 26.3 Å². The molecule has 2 aromatic carbocycles. The first-order valence-electron chi connectivity index (χ1n) is 7.35. The van der Waals surface area contributed by atoms with E-state index in [1.807, 2.05) is 30.3 Å². The summed E-state index contributed by atoms with van der Waals surface area (Å²) in [4.78, 5) is 33.6. The predicted octanol–water partition coefficient (Wildman–Crippen LogP) is 2.78. The maximum Gasteiger partial charge on any atom is 0.373 e. The predicted molar refractivity (Wildman–Crippen MR) is 85.2 cm³/mol. The number of carbonyl (C=O) groups is 2. The highest BCUT2D eigenvalue weighted by atomic mass is 17.2. The molecule has 0 aliphatic carbocycles. The van der Waals surface area contributed by atoms with Gasteiger partial charge >= 0.3 is 11.9 Å². The summed E-state index contributed by atoms with van der Waals surface area (Å²) in [6.45, 7) is 0.504. The average molecular weight is 330 g/mol. The molecule has 2 aromatic rings. The zero-order chi connectivity index (χ0) is 17.2. The minimum absolute atomic E-state index is 0.0768. The lowest BCUT2D eigenvalue weighted by Gasteiger charge is -2.09. The van der Waals surface area contributed by atoms with Crippen LogP contribution in [0.5, 0.6) is 0 Å². The Morgan fingerprint density at radius 2 is 1.46 bits per heavy atom. The van der Waals surface area contributed by atoms with Gasteiger partial charge in [0.05, 0.1) is 17.7 Å². The van der Waals surface area contributed by atoms with Gasteiger partial charge in [-0.15, -0.1) is 0 Å². The van der Waals surface area contributed by atoms with Crippen LogP contribution >= 0.6 is 0 Å². The first-order chi connectivity index (χ1) is 11.7. The third-order valence-corrected chi connectivity index (χ3v) is 3.09. The van der Waals surface area contributed by atoms with E-state index in [0.29, 0.717) is 0 Å².